The number of carbonyl (C=O) groups excluding carboxylic acids is 1. The highest BCUT2D eigenvalue weighted by Crippen LogP contribution is 1.91. The average molecular weight is 160 g/mol. The largest absolute Gasteiger partial charge is 0.316 e. The summed E-state index contributed by atoms with van der Waals surface area (Å²) in [6, 6.07) is 0. The number of hydroxylamine groups is 1. The third kappa shape index (κ3) is 4.75. The van der Waals surface area contributed by atoms with Gasteiger partial charge in [-0.3, -0.25) is 9.63 Å². The minimum Gasteiger partial charge on any atom is -0.316 e. The lowest BCUT2D eigenvalue weighted by molar-refractivity contribution is -0.134. The lowest BCUT2D eigenvalue weighted by Crippen LogP contribution is -2.34. The lowest BCUT2D eigenvalue weighted by atomic mass is 10.2. The summed E-state index contributed by atoms with van der Waals surface area (Å²) in [6.45, 7) is 5.41. The predicted molar refractivity (Wildman–Crippen MR) is 42.9 cm³/mol. The standard InChI is InChI=1S/C7H16N2O2/c1-4-8-5-6(2)7(10)9-11-3/h6,8H,4-5H2,1-3H3,(H,9,10). The van der Waals surface area contributed by atoms with E-state index < -0.39 is 0 Å². The van der Waals surface area contributed by atoms with E-state index in [1.165, 1.54) is 7.11 Å². The van der Waals surface area contributed by atoms with Gasteiger partial charge in [-0.25, -0.2) is 5.48 Å². The second-order valence-corrected chi connectivity index (χ2v) is 2.38. The molecule has 0 bridgehead atoms. The Kier molecular flexibility index (Phi) is 5.78. The first-order chi connectivity index (χ1) is 5.22. The fourth-order valence-corrected chi connectivity index (χ4v) is 0.655. The van der Waals surface area contributed by atoms with Crippen LogP contribution >= 0.6 is 0 Å². The molecule has 0 heterocycles. The zero-order valence-electron chi connectivity index (χ0n) is 7.31. The first-order valence-electron chi connectivity index (χ1n) is 3.75. The Hall–Kier alpha value is -0.610. The average Bonchev–Trinajstić information content (AvgIpc) is 2.00. The summed E-state index contributed by atoms with van der Waals surface area (Å²) < 4.78 is 0. The third-order valence-corrected chi connectivity index (χ3v) is 1.35. The van der Waals surface area contributed by atoms with Crippen molar-refractivity contribution >= 4 is 5.91 Å². The first-order valence-corrected chi connectivity index (χ1v) is 3.75. The molecule has 0 saturated heterocycles. The highest BCUT2D eigenvalue weighted by molar-refractivity contribution is 5.77. The number of carbonyl (C=O) groups is 1. The van der Waals surface area contributed by atoms with Gasteiger partial charge < -0.3 is 5.32 Å². The van der Waals surface area contributed by atoms with Crippen molar-refractivity contribution < 1.29 is 9.63 Å². The second-order valence-electron chi connectivity index (χ2n) is 2.38. The van der Waals surface area contributed by atoms with Gasteiger partial charge in [0, 0.05) is 12.5 Å². The molecule has 0 aliphatic rings. The van der Waals surface area contributed by atoms with E-state index in [2.05, 4.69) is 15.6 Å². The summed E-state index contributed by atoms with van der Waals surface area (Å²) in [6.07, 6.45) is 0. The van der Waals surface area contributed by atoms with Gasteiger partial charge in [0.05, 0.1) is 7.11 Å². The number of rotatable bonds is 5. The van der Waals surface area contributed by atoms with Gasteiger partial charge in [0.1, 0.15) is 0 Å². The molecule has 1 unspecified atom stereocenters. The Bertz CT molecular complexity index is 117. The quantitative estimate of drug-likeness (QED) is 0.553. The Morgan fingerprint density at radius 3 is 2.73 bits per heavy atom. The number of nitrogens with one attached hydrogen (secondary N) is 2. The van der Waals surface area contributed by atoms with Gasteiger partial charge in [-0.15, -0.1) is 0 Å². The van der Waals surface area contributed by atoms with Crippen LogP contribution in [0.4, 0.5) is 0 Å². The minimum atomic E-state index is -0.0894. The molecule has 2 N–H and O–H groups in total. The van der Waals surface area contributed by atoms with Crippen molar-refractivity contribution in [2.75, 3.05) is 20.2 Å². The second kappa shape index (κ2) is 6.12. The molecule has 0 fully saturated rings. The van der Waals surface area contributed by atoms with E-state index in [4.69, 9.17) is 0 Å². The zero-order valence-corrected chi connectivity index (χ0v) is 7.31. The summed E-state index contributed by atoms with van der Waals surface area (Å²) in [7, 11) is 1.43. The summed E-state index contributed by atoms with van der Waals surface area (Å²) in [4.78, 5) is 15.5. The van der Waals surface area contributed by atoms with Crippen LogP contribution in [0.2, 0.25) is 0 Å². The van der Waals surface area contributed by atoms with E-state index in [9.17, 15) is 4.79 Å². The van der Waals surface area contributed by atoms with Crippen LogP contribution in [0.5, 0.6) is 0 Å². The van der Waals surface area contributed by atoms with E-state index >= 15 is 0 Å². The van der Waals surface area contributed by atoms with Crippen LogP contribution in [0.1, 0.15) is 13.8 Å². The molecule has 0 aliphatic heterocycles. The van der Waals surface area contributed by atoms with Crippen LogP contribution in [0.15, 0.2) is 0 Å². The smallest absolute Gasteiger partial charge is 0.247 e. The maximum atomic E-state index is 11.0. The third-order valence-electron chi connectivity index (χ3n) is 1.35. The number of hydrogen-bond donors (Lipinski definition) is 2. The van der Waals surface area contributed by atoms with Gasteiger partial charge in [-0.05, 0) is 6.54 Å². The summed E-state index contributed by atoms with van der Waals surface area (Å²) >= 11 is 0. The molecule has 11 heavy (non-hydrogen) atoms. The maximum absolute atomic E-state index is 11.0. The summed E-state index contributed by atoms with van der Waals surface area (Å²) in [5, 5.41) is 3.07. The predicted octanol–water partition coefficient (Wildman–Crippen LogP) is -0.0904. The van der Waals surface area contributed by atoms with Crippen molar-refractivity contribution in [3.8, 4) is 0 Å². The molecule has 0 aliphatic carbocycles. The van der Waals surface area contributed by atoms with Crippen LogP contribution in [0.25, 0.3) is 0 Å². The van der Waals surface area contributed by atoms with E-state index in [1.807, 2.05) is 13.8 Å². The van der Waals surface area contributed by atoms with Gasteiger partial charge >= 0.3 is 0 Å². The highest BCUT2D eigenvalue weighted by atomic mass is 16.6. The fraction of sp³-hybridized carbons (Fsp3) is 0.857. The molecular formula is C7H16N2O2. The highest BCUT2D eigenvalue weighted by Gasteiger charge is 2.10. The topological polar surface area (TPSA) is 50.4 Å². The molecule has 4 heteroatoms. The molecule has 0 aromatic heterocycles. The summed E-state index contributed by atoms with van der Waals surface area (Å²) in [5.41, 5.74) is 2.28. The van der Waals surface area contributed by atoms with Gasteiger partial charge in [0.2, 0.25) is 5.91 Å². The molecule has 66 valence electrons. The lowest BCUT2D eigenvalue weighted by Gasteiger charge is -2.10. The van der Waals surface area contributed by atoms with Crippen LogP contribution in [-0.2, 0) is 9.63 Å². The van der Waals surface area contributed by atoms with Crippen molar-refractivity contribution in [3.05, 3.63) is 0 Å². The molecule has 0 saturated carbocycles. The van der Waals surface area contributed by atoms with Crippen molar-refractivity contribution in [2.45, 2.75) is 13.8 Å². The minimum absolute atomic E-state index is 0.0464. The van der Waals surface area contributed by atoms with Crippen molar-refractivity contribution in [1.29, 1.82) is 0 Å². The normalized spacial score (nSPS) is 12.6. The molecule has 1 amide bonds. The molecule has 0 aromatic rings. The Morgan fingerprint density at radius 1 is 1.64 bits per heavy atom. The van der Waals surface area contributed by atoms with Crippen LogP contribution in [-0.4, -0.2) is 26.1 Å². The monoisotopic (exact) mass is 160 g/mol. The summed E-state index contributed by atoms with van der Waals surface area (Å²) in [5.74, 6) is -0.136. The van der Waals surface area contributed by atoms with Crippen molar-refractivity contribution in [1.82, 2.24) is 10.8 Å². The molecule has 0 rings (SSSR count). The van der Waals surface area contributed by atoms with Gasteiger partial charge in [0.15, 0.2) is 0 Å². The van der Waals surface area contributed by atoms with E-state index in [0.29, 0.717) is 6.54 Å². The number of hydrogen-bond acceptors (Lipinski definition) is 3. The molecule has 1 atom stereocenters. The van der Waals surface area contributed by atoms with E-state index in [0.717, 1.165) is 6.54 Å². The van der Waals surface area contributed by atoms with E-state index in [1.54, 1.807) is 0 Å². The Balaban J connectivity index is 3.46. The van der Waals surface area contributed by atoms with Gasteiger partial charge in [0.25, 0.3) is 0 Å². The molecule has 4 nitrogen and oxygen atoms in total. The van der Waals surface area contributed by atoms with Crippen LogP contribution in [0.3, 0.4) is 0 Å². The van der Waals surface area contributed by atoms with Crippen molar-refractivity contribution in [2.24, 2.45) is 5.92 Å². The van der Waals surface area contributed by atoms with Crippen LogP contribution < -0.4 is 10.8 Å². The molecule has 0 radical (unpaired) electrons. The van der Waals surface area contributed by atoms with Gasteiger partial charge in [-0.1, -0.05) is 13.8 Å². The molecule has 0 spiro atoms. The van der Waals surface area contributed by atoms with Crippen LogP contribution in [0, 0.1) is 5.92 Å². The zero-order chi connectivity index (χ0) is 8.69. The first kappa shape index (κ1) is 10.4. The Morgan fingerprint density at radius 2 is 2.27 bits per heavy atom. The SMILES string of the molecule is CCNCC(C)C(=O)NOC. The number of amides is 1. The Labute approximate surface area is 67.3 Å². The maximum Gasteiger partial charge on any atom is 0.247 e. The fourth-order valence-electron chi connectivity index (χ4n) is 0.655. The molecular weight excluding hydrogens is 144 g/mol. The molecule has 0 aromatic carbocycles. The van der Waals surface area contributed by atoms with Gasteiger partial charge in [-0.2, -0.15) is 0 Å². The van der Waals surface area contributed by atoms with Crippen molar-refractivity contribution in [3.63, 3.8) is 0 Å². The van der Waals surface area contributed by atoms with E-state index in [-0.39, 0.29) is 11.8 Å².